The first-order valence-corrected chi connectivity index (χ1v) is 5.68. The summed E-state index contributed by atoms with van der Waals surface area (Å²) in [6.45, 7) is 2.39. The van der Waals surface area contributed by atoms with Gasteiger partial charge in [0.1, 0.15) is 0 Å². The molecule has 0 amide bonds. The first kappa shape index (κ1) is 12.6. The zero-order chi connectivity index (χ0) is 11.3. The van der Waals surface area contributed by atoms with Crippen LogP contribution in [0.4, 0.5) is 8.78 Å². The summed E-state index contributed by atoms with van der Waals surface area (Å²) in [5.74, 6) is 0. The molecule has 0 bridgehead atoms. The van der Waals surface area contributed by atoms with E-state index in [1.807, 2.05) is 31.2 Å². The van der Waals surface area contributed by atoms with E-state index in [0.717, 1.165) is 10.0 Å². The van der Waals surface area contributed by atoms with Crippen LogP contribution in [0.15, 0.2) is 28.7 Å². The smallest absolute Gasteiger partial charge is 0.254 e. The van der Waals surface area contributed by atoms with E-state index in [4.69, 9.17) is 0 Å². The van der Waals surface area contributed by atoms with Crippen molar-refractivity contribution >= 4 is 15.9 Å². The van der Waals surface area contributed by atoms with Crippen LogP contribution in [0.1, 0.15) is 12.5 Å². The molecule has 0 radical (unpaired) electrons. The highest BCUT2D eigenvalue weighted by atomic mass is 79.9. The number of rotatable bonds is 5. The summed E-state index contributed by atoms with van der Waals surface area (Å²) in [4.78, 5) is 0. The minimum atomic E-state index is -2.33. The Morgan fingerprint density at radius 2 is 2.13 bits per heavy atom. The Kier molecular flexibility index (Phi) is 5.19. The van der Waals surface area contributed by atoms with Gasteiger partial charge in [-0.25, -0.2) is 8.78 Å². The molecular formula is C11H14BrF2N. The molecule has 0 aliphatic heterocycles. The quantitative estimate of drug-likeness (QED) is 0.872. The van der Waals surface area contributed by atoms with Crippen LogP contribution in [0.25, 0.3) is 0 Å². The van der Waals surface area contributed by atoms with Gasteiger partial charge < -0.3 is 5.32 Å². The van der Waals surface area contributed by atoms with Gasteiger partial charge in [-0.05, 0) is 30.7 Å². The van der Waals surface area contributed by atoms with Crippen molar-refractivity contribution in [3.63, 3.8) is 0 Å². The summed E-state index contributed by atoms with van der Waals surface area (Å²) in [6.07, 6.45) is -1.98. The zero-order valence-electron chi connectivity index (χ0n) is 8.51. The van der Waals surface area contributed by atoms with E-state index in [0.29, 0.717) is 13.0 Å². The van der Waals surface area contributed by atoms with Gasteiger partial charge in [0.25, 0.3) is 6.43 Å². The second-order valence-corrected chi connectivity index (χ2v) is 4.25. The van der Waals surface area contributed by atoms with Gasteiger partial charge >= 0.3 is 0 Å². The largest absolute Gasteiger partial charge is 0.309 e. The normalized spacial score (nSPS) is 13.1. The summed E-state index contributed by atoms with van der Waals surface area (Å²) in [5.41, 5.74) is 0.913. The van der Waals surface area contributed by atoms with Crippen molar-refractivity contribution in [1.29, 1.82) is 0 Å². The van der Waals surface area contributed by atoms with Gasteiger partial charge in [-0.2, -0.15) is 0 Å². The maximum absolute atomic E-state index is 12.6. The van der Waals surface area contributed by atoms with Crippen LogP contribution in [-0.2, 0) is 6.42 Å². The summed E-state index contributed by atoms with van der Waals surface area (Å²) in [6, 6.07) is 6.70. The molecule has 1 aromatic carbocycles. The van der Waals surface area contributed by atoms with Crippen molar-refractivity contribution in [1.82, 2.24) is 5.32 Å². The lowest BCUT2D eigenvalue weighted by molar-refractivity contribution is 0.0991. The van der Waals surface area contributed by atoms with Gasteiger partial charge in [0.15, 0.2) is 0 Å². The molecule has 0 saturated carbocycles. The van der Waals surface area contributed by atoms with Crippen LogP contribution in [0.3, 0.4) is 0 Å². The fourth-order valence-electron chi connectivity index (χ4n) is 1.43. The number of alkyl halides is 2. The van der Waals surface area contributed by atoms with E-state index in [9.17, 15) is 8.78 Å². The summed E-state index contributed by atoms with van der Waals surface area (Å²) in [7, 11) is 0. The molecule has 1 N–H and O–H groups in total. The fraction of sp³-hybridized carbons (Fsp3) is 0.455. The molecule has 0 aromatic heterocycles. The maximum Gasteiger partial charge on any atom is 0.254 e. The number of nitrogens with one attached hydrogen (secondary N) is 1. The fourth-order valence-corrected chi connectivity index (χ4v) is 1.88. The molecule has 0 saturated heterocycles. The van der Waals surface area contributed by atoms with E-state index in [2.05, 4.69) is 21.2 Å². The van der Waals surface area contributed by atoms with Crippen LogP contribution in [0.5, 0.6) is 0 Å². The minimum Gasteiger partial charge on any atom is -0.309 e. The molecule has 4 heteroatoms. The van der Waals surface area contributed by atoms with Crippen LogP contribution < -0.4 is 5.32 Å². The van der Waals surface area contributed by atoms with Crippen molar-refractivity contribution in [2.24, 2.45) is 0 Å². The SMILES string of the molecule is CCNC(Cc1cccc(Br)c1)C(F)F. The molecule has 1 atom stereocenters. The highest BCUT2D eigenvalue weighted by Crippen LogP contribution is 2.15. The molecule has 0 fully saturated rings. The highest BCUT2D eigenvalue weighted by molar-refractivity contribution is 9.10. The first-order chi connectivity index (χ1) is 7.13. The lowest BCUT2D eigenvalue weighted by atomic mass is 10.1. The Bertz CT molecular complexity index is 304. The van der Waals surface area contributed by atoms with E-state index in [1.54, 1.807) is 0 Å². The zero-order valence-corrected chi connectivity index (χ0v) is 10.1. The van der Waals surface area contributed by atoms with Gasteiger partial charge in [-0.1, -0.05) is 35.0 Å². The number of likely N-dealkylation sites (N-methyl/N-ethyl adjacent to an activating group) is 1. The molecule has 0 spiro atoms. The molecule has 1 rings (SSSR count). The lowest BCUT2D eigenvalue weighted by Gasteiger charge is -2.16. The Morgan fingerprint density at radius 1 is 1.40 bits per heavy atom. The standard InChI is InChI=1S/C11H14BrF2N/c1-2-15-10(11(13)14)7-8-4-3-5-9(12)6-8/h3-6,10-11,15H,2,7H2,1H3. The number of hydrogen-bond acceptors (Lipinski definition) is 1. The third kappa shape index (κ3) is 4.26. The number of benzene rings is 1. The van der Waals surface area contributed by atoms with Gasteiger partial charge in [-0.3, -0.25) is 0 Å². The lowest BCUT2D eigenvalue weighted by Crippen LogP contribution is -2.37. The van der Waals surface area contributed by atoms with Crippen LogP contribution in [0.2, 0.25) is 0 Å². The van der Waals surface area contributed by atoms with Crippen LogP contribution >= 0.6 is 15.9 Å². The average Bonchev–Trinajstić information content (AvgIpc) is 2.17. The monoisotopic (exact) mass is 277 g/mol. The minimum absolute atomic E-state index is 0.352. The predicted octanol–water partition coefficient (Wildman–Crippen LogP) is 3.23. The molecule has 1 unspecified atom stereocenters. The Hall–Kier alpha value is -0.480. The molecule has 84 valence electrons. The second-order valence-electron chi connectivity index (χ2n) is 3.33. The predicted molar refractivity (Wildman–Crippen MR) is 61.3 cm³/mol. The molecule has 1 nitrogen and oxygen atoms in total. The molecule has 1 aromatic rings. The topological polar surface area (TPSA) is 12.0 Å². The van der Waals surface area contributed by atoms with E-state index in [1.165, 1.54) is 0 Å². The summed E-state index contributed by atoms with van der Waals surface area (Å²) in [5, 5.41) is 2.78. The van der Waals surface area contributed by atoms with E-state index in [-0.39, 0.29) is 0 Å². The van der Waals surface area contributed by atoms with Crippen molar-refractivity contribution in [3.05, 3.63) is 34.3 Å². The van der Waals surface area contributed by atoms with Crippen LogP contribution in [0, 0.1) is 0 Å². The Labute approximate surface area is 97.0 Å². The average molecular weight is 278 g/mol. The van der Waals surface area contributed by atoms with Crippen LogP contribution in [-0.4, -0.2) is 19.0 Å². The number of hydrogen-bond donors (Lipinski definition) is 1. The van der Waals surface area contributed by atoms with E-state index >= 15 is 0 Å². The molecule has 0 heterocycles. The van der Waals surface area contributed by atoms with Gasteiger partial charge in [0.05, 0.1) is 6.04 Å². The molecule has 0 aliphatic carbocycles. The van der Waals surface area contributed by atoms with Crippen molar-refractivity contribution in [2.45, 2.75) is 25.8 Å². The first-order valence-electron chi connectivity index (χ1n) is 4.89. The number of halogens is 3. The van der Waals surface area contributed by atoms with E-state index < -0.39 is 12.5 Å². The highest BCUT2D eigenvalue weighted by Gasteiger charge is 2.19. The van der Waals surface area contributed by atoms with Crippen molar-refractivity contribution < 1.29 is 8.78 Å². The van der Waals surface area contributed by atoms with Gasteiger partial charge in [0, 0.05) is 4.47 Å². The third-order valence-electron chi connectivity index (χ3n) is 2.12. The second kappa shape index (κ2) is 6.18. The van der Waals surface area contributed by atoms with Gasteiger partial charge in [-0.15, -0.1) is 0 Å². The third-order valence-corrected chi connectivity index (χ3v) is 2.61. The maximum atomic E-state index is 12.6. The Morgan fingerprint density at radius 3 is 2.67 bits per heavy atom. The molecule has 15 heavy (non-hydrogen) atoms. The summed E-state index contributed by atoms with van der Waals surface area (Å²) >= 11 is 3.32. The summed E-state index contributed by atoms with van der Waals surface area (Å²) < 4.78 is 26.1. The Balaban J connectivity index is 2.65. The van der Waals surface area contributed by atoms with Crippen molar-refractivity contribution in [3.8, 4) is 0 Å². The van der Waals surface area contributed by atoms with Crippen molar-refractivity contribution in [2.75, 3.05) is 6.54 Å². The van der Waals surface area contributed by atoms with Gasteiger partial charge in [0.2, 0.25) is 0 Å². The molecule has 0 aliphatic rings. The molecular weight excluding hydrogens is 264 g/mol.